The topological polar surface area (TPSA) is 125 Å². The number of sulfonamides is 1. The van der Waals surface area contributed by atoms with Crippen molar-refractivity contribution >= 4 is 32.5 Å². The number of H-pyrrole nitrogens is 1. The van der Waals surface area contributed by atoms with Gasteiger partial charge in [-0.2, -0.15) is 4.31 Å². The van der Waals surface area contributed by atoms with Crippen molar-refractivity contribution in [1.29, 1.82) is 0 Å². The van der Waals surface area contributed by atoms with Crippen LogP contribution >= 0.6 is 0 Å². The van der Waals surface area contributed by atoms with Crippen molar-refractivity contribution in [3.63, 3.8) is 0 Å². The molecule has 1 aliphatic heterocycles. The fraction of sp³-hybridized carbons (Fsp3) is 0.286. The molecule has 0 atom stereocenters. The number of amides is 1. The number of hydrogen-bond acceptors (Lipinski definition) is 5. The van der Waals surface area contributed by atoms with Crippen LogP contribution < -0.4 is 5.32 Å². The van der Waals surface area contributed by atoms with Gasteiger partial charge in [-0.3, -0.25) is 14.9 Å². The summed E-state index contributed by atoms with van der Waals surface area (Å²) in [7, 11) is -3.50. The zero-order valence-corrected chi connectivity index (χ0v) is 17.5. The molecule has 2 heterocycles. The van der Waals surface area contributed by atoms with Crippen molar-refractivity contribution in [3.8, 4) is 0 Å². The fourth-order valence-electron chi connectivity index (χ4n) is 3.84. The predicted molar refractivity (Wildman–Crippen MR) is 115 cm³/mol. The van der Waals surface area contributed by atoms with Gasteiger partial charge in [-0.25, -0.2) is 8.42 Å². The lowest BCUT2D eigenvalue weighted by Crippen LogP contribution is -2.41. The molecule has 10 heteroatoms. The van der Waals surface area contributed by atoms with Gasteiger partial charge in [0, 0.05) is 48.9 Å². The summed E-state index contributed by atoms with van der Waals surface area (Å²) >= 11 is 0. The molecule has 0 bridgehead atoms. The highest BCUT2D eigenvalue weighted by Crippen LogP contribution is 2.25. The summed E-state index contributed by atoms with van der Waals surface area (Å²) in [5.41, 5.74) is 0.922. The maximum Gasteiger partial charge on any atom is 0.270 e. The van der Waals surface area contributed by atoms with E-state index in [4.69, 9.17) is 0 Å². The molecule has 1 amide bonds. The SMILES string of the molecule is O=C(NCC1CCN(S(=O)(=O)c2ccccc2)CC1)c1c[nH]c2ccc([N+](=O)[O-])cc12. The Morgan fingerprint density at radius 1 is 1.16 bits per heavy atom. The third-order valence-corrected chi connectivity index (χ3v) is 7.54. The number of fused-ring (bicyclic) bond motifs is 1. The number of aromatic nitrogens is 1. The number of non-ortho nitro benzene ring substituents is 1. The maximum atomic E-state index is 12.7. The smallest absolute Gasteiger partial charge is 0.270 e. The van der Waals surface area contributed by atoms with Crippen LogP contribution in [-0.2, 0) is 10.0 Å². The number of aromatic amines is 1. The first-order valence-corrected chi connectivity index (χ1v) is 11.4. The summed E-state index contributed by atoms with van der Waals surface area (Å²) in [6.45, 7) is 1.22. The number of carbonyl (C=O) groups excluding carboxylic acids is 1. The second kappa shape index (κ2) is 8.48. The average molecular weight is 442 g/mol. The Bertz CT molecular complexity index is 1220. The highest BCUT2D eigenvalue weighted by molar-refractivity contribution is 7.89. The number of rotatable bonds is 6. The van der Waals surface area contributed by atoms with E-state index in [1.165, 1.54) is 16.4 Å². The molecule has 2 aromatic carbocycles. The molecule has 1 saturated heterocycles. The number of nitro benzene ring substituents is 1. The molecule has 9 nitrogen and oxygen atoms in total. The monoisotopic (exact) mass is 442 g/mol. The predicted octanol–water partition coefficient (Wildman–Crippen LogP) is 2.91. The van der Waals surface area contributed by atoms with Crippen molar-refractivity contribution in [3.05, 3.63) is 70.4 Å². The lowest BCUT2D eigenvalue weighted by atomic mass is 9.98. The quantitative estimate of drug-likeness (QED) is 0.448. The fourth-order valence-corrected chi connectivity index (χ4v) is 5.33. The van der Waals surface area contributed by atoms with Gasteiger partial charge in [0.2, 0.25) is 10.0 Å². The van der Waals surface area contributed by atoms with Crippen molar-refractivity contribution in [2.24, 2.45) is 5.92 Å². The summed E-state index contributed by atoms with van der Waals surface area (Å²) in [4.78, 5) is 26.4. The van der Waals surface area contributed by atoms with E-state index in [9.17, 15) is 23.3 Å². The Morgan fingerprint density at radius 2 is 1.87 bits per heavy atom. The Kier molecular flexibility index (Phi) is 5.75. The lowest BCUT2D eigenvalue weighted by Gasteiger charge is -2.31. The third kappa shape index (κ3) is 4.30. The minimum absolute atomic E-state index is 0.0758. The van der Waals surface area contributed by atoms with Gasteiger partial charge in [0.1, 0.15) is 0 Å². The Balaban J connectivity index is 1.36. The van der Waals surface area contributed by atoms with Gasteiger partial charge in [-0.1, -0.05) is 18.2 Å². The number of piperidine rings is 1. The molecular formula is C21H22N4O5S. The van der Waals surface area contributed by atoms with E-state index in [-0.39, 0.29) is 22.4 Å². The summed E-state index contributed by atoms with van der Waals surface area (Å²) in [6.07, 6.45) is 2.83. The van der Waals surface area contributed by atoms with Gasteiger partial charge in [0.15, 0.2) is 0 Å². The summed E-state index contributed by atoms with van der Waals surface area (Å²) in [6, 6.07) is 12.7. The Morgan fingerprint density at radius 3 is 2.55 bits per heavy atom. The number of nitro groups is 1. The summed E-state index contributed by atoms with van der Waals surface area (Å²) in [5, 5.41) is 14.4. The molecule has 2 N–H and O–H groups in total. The Labute approximate surface area is 179 Å². The molecule has 31 heavy (non-hydrogen) atoms. The van der Waals surface area contributed by atoms with E-state index in [1.807, 2.05) is 0 Å². The average Bonchev–Trinajstić information content (AvgIpc) is 3.21. The van der Waals surface area contributed by atoms with E-state index in [0.29, 0.717) is 48.9 Å². The van der Waals surface area contributed by atoms with Crippen LogP contribution in [0.4, 0.5) is 5.69 Å². The molecule has 0 unspecified atom stereocenters. The van der Waals surface area contributed by atoms with Gasteiger partial charge in [-0.05, 0) is 37.0 Å². The molecule has 1 fully saturated rings. The van der Waals surface area contributed by atoms with E-state index in [0.717, 1.165) is 0 Å². The van der Waals surface area contributed by atoms with Gasteiger partial charge in [-0.15, -0.1) is 0 Å². The van der Waals surface area contributed by atoms with Crippen molar-refractivity contribution < 1.29 is 18.1 Å². The van der Waals surface area contributed by atoms with E-state index in [1.54, 1.807) is 42.6 Å². The maximum absolute atomic E-state index is 12.7. The molecule has 162 valence electrons. The van der Waals surface area contributed by atoms with Crippen LogP contribution in [0.25, 0.3) is 10.9 Å². The first-order valence-electron chi connectivity index (χ1n) is 9.95. The number of carbonyl (C=O) groups is 1. The van der Waals surface area contributed by atoms with E-state index >= 15 is 0 Å². The van der Waals surface area contributed by atoms with Gasteiger partial charge in [0.25, 0.3) is 11.6 Å². The summed E-state index contributed by atoms with van der Waals surface area (Å²) in [5.74, 6) is -0.156. The van der Waals surface area contributed by atoms with Crippen LogP contribution in [-0.4, -0.2) is 48.2 Å². The largest absolute Gasteiger partial charge is 0.360 e. The molecule has 1 aromatic heterocycles. The van der Waals surface area contributed by atoms with Crippen LogP contribution in [0.1, 0.15) is 23.2 Å². The molecule has 0 radical (unpaired) electrons. The van der Waals surface area contributed by atoms with Crippen LogP contribution in [0.15, 0.2) is 59.6 Å². The highest BCUT2D eigenvalue weighted by Gasteiger charge is 2.29. The molecule has 4 rings (SSSR count). The molecule has 1 aliphatic rings. The molecular weight excluding hydrogens is 420 g/mol. The zero-order valence-electron chi connectivity index (χ0n) is 16.7. The molecule has 0 spiro atoms. The van der Waals surface area contributed by atoms with E-state index in [2.05, 4.69) is 10.3 Å². The number of nitrogens with zero attached hydrogens (tertiary/aromatic N) is 2. The first kappa shape index (κ1) is 21.0. The summed E-state index contributed by atoms with van der Waals surface area (Å²) < 4.78 is 26.9. The standard InChI is InChI=1S/C21H22N4O5S/c26-21(19-14-22-20-7-6-16(25(27)28)12-18(19)20)23-13-15-8-10-24(11-9-15)31(29,30)17-4-2-1-3-5-17/h1-7,12,14-15,22H,8-11,13H2,(H,23,26). The third-order valence-electron chi connectivity index (χ3n) is 5.63. The van der Waals surface area contributed by atoms with Crippen LogP contribution in [0.3, 0.4) is 0 Å². The van der Waals surface area contributed by atoms with Crippen LogP contribution in [0, 0.1) is 16.0 Å². The number of hydrogen-bond donors (Lipinski definition) is 2. The van der Waals surface area contributed by atoms with Crippen LogP contribution in [0.2, 0.25) is 0 Å². The van der Waals surface area contributed by atoms with Crippen LogP contribution in [0.5, 0.6) is 0 Å². The van der Waals surface area contributed by atoms with Crippen molar-refractivity contribution in [2.45, 2.75) is 17.7 Å². The van der Waals surface area contributed by atoms with Gasteiger partial charge >= 0.3 is 0 Å². The normalized spacial score (nSPS) is 15.7. The lowest BCUT2D eigenvalue weighted by molar-refractivity contribution is -0.384. The van der Waals surface area contributed by atoms with Gasteiger partial charge in [0.05, 0.1) is 15.4 Å². The minimum atomic E-state index is -3.50. The van der Waals surface area contributed by atoms with Gasteiger partial charge < -0.3 is 10.3 Å². The molecule has 3 aromatic rings. The second-order valence-electron chi connectivity index (χ2n) is 7.56. The minimum Gasteiger partial charge on any atom is -0.360 e. The highest BCUT2D eigenvalue weighted by atomic mass is 32.2. The number of benzene rings is 2. The number of nitrogens with one attached hydrogen (secondary N) is 2. The van der Waals surface area contributed by atoms with Crippen molar-refractivity contribution in [2.75, 3.05) is 19.6 Å². The first-order chi connectivity index (χ1) is 14.9. The molecule has 0 aliphatic carbocycles. The Hall–Kier alpha value is -3.24. The zero-order chi connectivity index (χ0) is 22.0. The van der Waals surface area contributed by atoms with E-state index < -0.39 is 14.9 Å². The van der Waals surface area contributed by atoms with Crippen molar-refractivity contribution in [1.82, 2.24) is 14.6 Å². The molecule has 0 saturated carbocycles. The second-order valence-corrected chi connectivity index (χ2v) is 9.50.